The average Bonchev–Trinajstić information content (AvgIpc) is 3.44. The van der Waals surface area contributed by atoms with Crippen LogP contribution in [0.1, 0.15) is 36.5 Å². The van der Waals surface area contributed by atoms with Crippen molar-refractivity contribution < 1.29 is 27.4 Å². The smallest absolute Gasteiger partial charge is 0.248 e. The van der Waals surface area contributed by atoms with Gasteiger partial charge in [0.1, 0.15) is 24.7 Å². The minimum atomic E-state index is -3.72. The van der Waals surface area contributed by atoms with Crippen molar-refractivity contribution in [2.24, 2.45) is 0 Å². The van der Waals surface area contributed by atoms with Crippen LogP contribution < -0.4 is 9.47 Å². The van der Waals surface area contributed by atoms with Crippen molar-refractivity contribution >= 4 is 15.9 Å². The fourth-order valence-corrected chi connectivity index (χ4v) is 6.28. The van der Waals surface area contributed by atoms with Gasteiger partial charge in [-0.05, 0) is 80.2 Å². The van der Waals surface area contributed by atoms with Crippen LogP contribution in [0, 0.1) is 6.92 Å². The van der Waals surface area contributed by atoms with Crippen molar-refractivity contribution in [2.45, 2.75) is 44.6 Å². The summed E-state index contributed by atoms with van der Waals surface area (Å²) in [5.41, 5.74) is 2.33. The molecule has 1 aliphatic rings. The molecule has 1 aliphatic heterocycles. The lowest BCUT2D eigenvalue weighted by molar-refractivity contribution is -0.135. The van der Waals surface area contributed by atoms with Crippen LogP contribution in [0.5, 0.6) is 11.5 Å². The quantitative estimate of drug-likeness (QED) is 0.308. The highest BCUT2D eigenvalue weighted by molar-refractivity contribution is 7.89. The molecule has 0 radical (unpaired) electrons. The van der Waals surface area contributed by atoms with Crippen molar-refractivity contribution in [2.75, 3.05) is 67.2 Å². The Labute approximate surface area is 233 Å². The number of carbonyl (C=O) groups is 1. The molecule has 39 heavy (non-hydrogen) atoms. The number of hydrogen-bond acceptors (Lipinski definition) is 7. The molecule has 3 rings (SSSR count). The molecule has 9 nitrogen and oxygen atoms in total. The van der Waals surface area contributed by atoms with Crippen LogP contribution >= 0.6 is 0 Å². The summed E-state index contributed by atoms with van der Waals surface area (Å²) in [5, 5.41) is 0. The molecule has 0 N–H and O–H groups in total. The number of benzene rings is 2. The molecule has 0 spiro atoms. The average molecular weight is 562 g/mol. The Morgan fingerprint density at radius 3 is 2.36 bits per heavy atom. The third-order valence-corrected chi connectivity index (χ3v) is 9.13. The lowest BCUT2D eigenvalue weighted by Gasteiger charge is -2.22. The predicted octanol–water partition coefficient (Wildman–Crippen LogP) is 3.34. The third-order valence-electron chi connectivity index (χ3n) is 7.03. The number of ether oxygens (including phenoxy) is 3. The maximum absolute atomic E-state index is 13.3. The van der Waals surface area contributed by atoms with Crippen molar-refractivity contribution in [3.05, 3.63) is 53.1 Å². The maximum Gasteiger partial charge on any atom is 0.248 e. The van der Waals surface area contributed by atoms with Crippen LogP contribution in [-0.2, 0) is 32.5 Å². The molecule has 1 saturated heterocycles. The fraction of sp³-hybridized carbons (Fsp3) is 0.552. The van der Waals surface area contributed by atoms with Crippen molar-refractivity contribution in [3.63, 3.8) is 0 Å². The number of sulfonamides is 1. The van der Waals surface area contributed by atoms with Gasteiger partial charge in [0.15, 0.2) is 0 Å². The summed E-state index contributed by atoms with van der Waals surface area (Å²) < 4.78 is 44.5. The number of hydrogen-bond donors (Lipinski definition) is 0. The van der Waals surface area contributed by atoms with E-state index in [1.54, 1.807) is 38.1 Å². The van der Waals surface area contributed by atoms with E-state index in [2.05, 4.69) is 4.90 Å². The van der Waals surface area contributed by atoms with E-state index in [0.29, 0.717) is 41.3 Å². The molecule has 2 aromatic rings. The number of likely N-dealkylation sites (N-methyl/N-ethyl adjacent to an activating group) is 2. The first-order valence-corrected chi connectivity index (χ1v) is 15.0. The Bertz CT molecular complexity index is 1180. The van der Waals surface area contributed by atoms with Gasteiger partial charge in [-0.1, -0.05) is 19.1 Å². The van der Waals surface area contributed by atoms with Crippen LogP contribution in [0.4, 0.5) is 0 Å². The lowest BCUT2D eigenvalue weighted by atomic mass is 10.1. The summed E-state index contributed by atoms with van der Waals surface area (Å²) in [4.78, 5) is 16.9. The number of aryl methyl sites for hydroxylation is 2. The summed E-state index contributed by atoms with van der Waals surface area (Å²) in [6, 6.07) is 11.3. The number of carbonyl (C=O) groups excluding carboxylic acids is 1. The second-order valence-corrected chi connectivity index (χ2v) is 11.9. The molecular weight excluding hydrogens is 518 g/mol. The van der Waals surface area contributed by atoms with Gasteiger partial charge in [0, 0.05) is 33.7 Å². The Balaban J connectivity index is 1.41. The second kappa shape index (κ2) is 14.6. The minimum Gasteiger partial charge on any atom is -0.497 e. The van der Waals surface area contributed by atoms with Crippen LogP contribution in [0.15, 0.2) is 41.3 Å². The van der Waals surface area contributed by atoms with E-state index in [1.165, 1.54) is 24.2 Å². The number of methoxy groups -OCH3 is 1. The van der Waals surface area contributed by atoms with Crippen LogP contribution in [0.2, 0.25) is 0 Å². The molecule has 0 bridgehead atoms. The summed E-state index contributed by atoms with van der Waals surface area (Å²) in [5.74, 6) is 1.28. The normalized spacial score (nSPS) is 14.1. The van der Waals surface area contributed by atoms with E-state index < -0.39 is 10.0 Å². The van der Waals surface area contributed by atoms with Gasteiger partial charge in [0.2, 0.25) is 15.9 Å². The van der Waals surface area contributed by atoms with Crippen LogP contribution in [0.25, 0.3) is 0 Å². The van der Waals surface area contributed by atoms with E-state index >= 15 is 0 Å². The molecule has 1 heterocycles. The first-order valence-electron chi connectivity index (χ1n) is 13.5. The molecule has 0 aliphatic carbocycles. The molecule has 0 unspecified atom stereocenters. The predicted molar refractivity (Wildman–Crippen MR) is 152 cm³/mol. The van der Waals surface area contributed by atoms with E-state index in [1.807, 2.05) is 31.2 Å². The fourth-order valence-electron chi connectivity index (χ4n) is 4.65. The molecule has 2 aromatic carbocycles. The number of likely N-dealkylation sites (tertiary alicyclic amines) is 1. The topological polar surface area (TPSA) is 88.6 Å². The molecule has 1 amide bonds. The zero-order valence-electron chi connectivity index (χ0n) is 23.9. The molecular formula is C29H43N3O6S. The molecule has 0 saturated carbocycles. The van der Waals surface area contributed by atoms with E-state index in [-0.39, 0.29) is 25.7 Å². The molecule has 0 aromatic heterocycles. The zero-order chi connectivity index (χ0) is 28.4. The monoisotopic (exact) mass is 561 g/mol. The highest BCUT2D eigenvalue weighted by Crippen LogP contribution is 2.28. The van der Waals surface area contributed by atoms with Gasteiger partial charge in [-0.15, -0.1) is 0 Å². The van der Waals surface area contributed by atoms with Crippen LogP contribution in [-0.4, -0.2) is 95.6 Å². The number of rotatable bonds is 15. The van der Waals surface area contributed by atoms with E-state index in [9.17, 15) is 13.2 Å². The number of nitrogens with zero attached hydrogens (tertiary/aromatic N) is 3. The summed E-state index contributed by atoms with van der Waals surface area (Å²) in [6.45, 7) is 8.18. The highest BCUT2D eigenvalue weighted by Gasteiger charge is 2.26. The van der Waals surface area contributed by atoms with Gasteiger partial charge >= 0.3 is 0 Å². The van der Waals surface area contributed by atoms with E-state index in [0.717, 1.165) is 30.9 Å². The first kappa shape index (κ1) is 30.9. The van der Waals surface area contributed by atoms with Crippen molar-refractivity contribution in [1.29, 1.82) is 0 Å². The Kier molecular flexibility index (Phi) is 11.6. The maximum atomic E-state index is 13.3. The van der Waals surface area contributed by atoms with Crippen LogP contribution in [0.3, 0.4) is 0 Å². The van der Waals surface area contributed by atoms with E-state index in [4.69, 9.17) is 14.2 Å². The SMILES string of the molecule is CCc1cc(OC)cc(C)c1S(=O)(=O)N(C)CCOCC(=O)N(C)Cc1ccc(OCCN2CCCC2)cc1. The molecule has 10 heteroatoms. The molecule has 0 atom stereocenters. The van der Waals surface area contributed by atoms with Gasteiger partial charge in [-0.3, -0.25) is 9.69 Å². The Hall–Kier alpha value is -2.66. The summed E-state index contributed by atoms with van der Waals surface area (Å²) in [6.07, 6.45) is 3.11. The summed E-state index contributed by atoms with van der Waals surface area (Å²) in [7, 11) is 1.09. The highest BCUT2D eigenvalue weighted by atomic mass is 32.2. The van der Waals surface area contributed by atoms with Crippen molar-refractivity contribution in [3.8, 4) is 11.5 Å². The second-order valence-electron chi connectivity index (χ2n) is 9.96. The Morgan fingerprint density at radius 2 is 1.72 bits per heavy atom. The molecule has 1 fully saturated rings. The van der Waals surface area contributed by atoms with Crippen molar-refractivity contribution in [1.82, 2.24) is 14.1 Å². The third kappa shape index (κ3) is 8.66. The van der Waals surface area contributed by atoms with Gasteiger partial charge < -0.3 is 19.1 Å². The van der Waals surface area contributed by atoms with Gasteiger partial charge in [-0.25, -0.2) is 8.42 Å². The van der Waals surface area contributed by atoms with Gasteiger partial charge in [0.25, 0.3) is 0 Å². The molecule has 216 valence electrons. The Morgan fingerprint density at radius 1 is 1.03 bits per heavy atom. The standard InChI is InChI=1S/C29H43N3O6S/c1-6-25-20-27(36-5)19-23(2)29(25)39(34,35)31(4)15-17-37-22-28(33)30(3)21-24-9-11-26(12-10-24)38-18-16-32-13-7-8-14-32/h9-12,19-20H,6-8,13-18,21-22H2,1-5H3. The lowest BCUT2D eigenvalue weighted by Crippen LogP contribution is -2.33. The first-order chi connectivity index (χ1) is 18.6. The summed E-state index contributed by atoms with van der Waals surface area (Å²) >= 11 is 0. The number of amides is 1. The van der Waals surface area contributed by atoms with Gasteiger partial charge in [-0.2, -0.15) is 4.31 Å². The zero-order valence-corrected chi connectivity index (χ0v) is 24.8. The largest absolute Gasteiger partial charge is 0.497 e. The minimum absolute atomic E-state index is 0.107. The van der Waals surface area contributed by atoms with Gasteiger partial charge in [0.05, 0.1) is 18.6 Å².